The van der Waals surface area contributed by atoms with Crippen LogP contribution < -0.4 is 9.57 Å². The molecule has 0 N–H and O–H groups in total. The van der Waals surface area contributed by atoms with Crippen LogP contribution in [0.1, 0.15) is 47.1 Å². The van der Waals surface area contributed by atoms with Gasteiger partial charge in [0.2, 0.25) is 0 Å². The van der Waals surface area contributed by atoms with E-state index in [1.165, 1.54) is 42.5 Å². The number of Topliss-reactive ketones (excluding diaryl/α,β-unsaturated/α-hetero) is 1. The third kappa shape index (κ3) is 6.79. The van der Waals surface area contributed by atoms with Crippen LogP contribution in [-0.2, 0) is 20.8 Å². The molecule has 13 heteroatoms. The van der Waals surface area contributed by atoms with Crippen LogP contribution in [0.3, 0.4) is 0 Å². The highest BCUT2D eigenvalue weighted by Gasteiger charge is 2.35. The van der Waals surface area contributed by atoms with Crippen molar-refractivity contribution < 1.29 is 42.6 Å². The summed E-state index contributed by atoms with van der Waals surface area (Å²) in [7, 11) is 1.41. The monoisotopic (exact) mass is 624 g/mol. The van der Waals surface area contributed by atoms with E-state index in [4.69, 9.17) is 19.0 Å². The summed E-state index contributed by atoms with van der Waals surface area (Å²) in [6.07, 6.45) is 0.239. The van der Waals surface area contributed by atoms with Gasteiger partial charge in [-0.15, -0.1) is 0 Å². The van der Waals surface area contributed by atoms with Gasteiger partial charge in [-0.25, -0.2) is 9.18 Å². The van der Waals surface area contributed by atoms with Gasteiger partial charge in [0.05, 0.1) is 49.8 Å². The summed E-state index contributed by atoms with van der Waals surface area (Å²) in [5, 5.41) is 0.241. The Kier molecular flexibility index (Phi) is 9.68. The highest BCUT2D eigenvalue weighted by atomic mass is 19.1. The van der Waals surface area contributed by atoms with Crippen LogP contribution in [0.2, 0.25) is 0 Å². The van der Waals surface area contributed by atoms with Crippen LogP contribution in [0.15, 0.2) is 42.6 Å². The molecule has 0 radical (unpaired) electrons. The molecule has 45 heavy (non-hydrogen) atoms. The van der Waals surface area contributed by atoms with E-state index in [9.17, 15) is 23.6 Å². The molecule has 5 rings (SSSR count). The third-order valence-corrected chi connectivity index (χ3v) is 8.17. The molecule has 0 aliphatic carbocycles. The average Bonchev–Trinajstić information content (AvgIpc) is 3.39. The summed E-state index contributed by atoms with van der Waals surface area (Å²) in [4.78, 5) is 63.8. The van der Waals surface area contributed by atoms with Crippen molar-refractivity contribution in [1.82, 2.24) is 19.4 Å². The van der Waals surface area contributed by atoms with Gasteiger partial charge in [-0.2, -0.15) is 4.73 Å². The molecule has 12 nitrogen and oxygen atoms in total. The Labute approximate surface area is 260 Å². The molecule has 0 spiro atoms. The normalized spacial score (nSPS) is 19.0. The Morgan fingerprint density at radius 2 is 1.69 bits per heavy atom. The van der Waals surface area contributed by atoms with Crippen LogP contribution in [0.25, 0.3) is 10.9 Å². The lowest BCUT2D eigenvalue weighted by molar-refractivity contribution is -0.130. The zero-order valence-electron chi connectivity index (χ0n) is 25.8. The standard InChI is InChI=1S/C32H37FN4O8/c1-5-44-32(41)45-37-19-26(29(38)31(40)34-10-12-43-13-11-34)24-14-25(28(42-4)15-27(24)37)30(39)36-17-20(2)35(16-21(36)3)18-22-6-8-23(33)9-7-22/h6-9,14-15,19-21H,5,10-13,16-18H2,1-4H3. The van der Waals surface area contributed by atoms with Gasteiger partial charge in [0.1, 0.15) is 11.6 Å². The number of fused-ring (bicyclic) bond motifs is 1. The first-order valence-corrected chi connectivity index (χ1v) is 14.9. The molecule has 1 aromatic heterocycles. The van der Waals surface area contributed by atoms with Gasteiger partial charge in [-0.05, 0) is 44.5 Å². The van der Waals surface area contributed by atoms with E-state index in [2.05, 4.69) is 4.90 Å². The number of morpholine rings is 1. The number of amides is 2. The fourth-order valence-electron chi connectivity index (χ4n) is 5.75. The van der Waals surface area contributed by atoms with Gasteiger partial charge in [0.25, 0.3) is 17.6 Å². The summed E-state index contributed by atoms with van der Waals surface area (Å²) in [6.45, 7) is 8.43. The molecule has 3 heterocycles. The zero-order valence-corrected chi connectivity index (χ0v) is 25.8. The van der Waals surface area contributed by atoms with E-state index in [0.717, 1.165) is 10.3 Å². The molecule has 2 saturated heterocycles. The summed E-state index contributed by atoms with van der Waals surface area (Å²) >= 11 is 0. The van der Waals surface area contributed by atoms with Gasteiger partial charge in [0, 0.05) is 56.3 Å². The van der Waals surface area contributed by atoms with E-state index < -0.39 is 17.8 Å². The number of aromatic nitrogens is 1. The predicted octanol–water partition coefficient (Wildman–Crippen LogP) is 3.15. The molecule has 240 valence electrons. The Morgan fingerprint density at radius 3 is 2.36 bits per heavy atom. The maximum absolute atomic E-state index is 14.1. The van der Waals surface area contributed by atoms with Crippen LogP contribution in [0.4, 0.5) is 9.18 Å². The molecule has 2 amide bonds. The average molecular weight is 625 g/mol. The van der Waals surface area contributed by atoms with Gasteiger partial charge >= 0.3 is 6.16 Å². The Hall–Kier alpha value is -4.49. The van der Waals surface area contributed by atoms with Crippen molar-refractivity contribution in [3.05, 3.63) is 65.1 Å². The number of halogens is 1. The predicted molar refractivity (Wildman–Crippen MR) is 161 cm³/mol. The van der Waals surface area contributed by atoms with Crippen LogP contribution in [0, 0.1) is 5.82 Å². The van der Waals surface area contributed by atoms with Crippen molar-refractivity contribution in [1.29, 1.82) is 0 Å². The minimum atomic E-state index is -1.01. The number of hydrogen-bond donors (Lipinski definition) is 0. The first-order chi connectivity index (χ1) is 21.6. The molecule has 2 aliphatic heterocycles. The number of nitrogens with zero attached hydrogens (tertiary/aromatic N) is 4. The van der Waals surface area contributed by atoms with E-state index in [0.29, 0.717) is 32.8 Å². The Morgan fingerprint density at radius 1 is 0.978 bits per heavy atom. The second kappa shape index (κ2) is 13.7. The number of carbonyl (C=O) groups is 4. The first kappa shape index (κ1) is 31.9. The van der Waals surface area contributed by atoms with E-state index in [1.54, 1.807) is 24.0 Å². The number of piperazine rings is 1. The number of ether oxygens (including phenoxy) is 3. The van der Waals surface area contributed by atoms with E-state index in [-0.39, 0.29) is 71.3 Å². The Balaban J connectivity index is 1.47. The van der Waals surface area contributed by atoms with Crippen LogP contribution in [0.5, 0.6) is 5.75 Å². The molecule has 2 atom stereocenters. The van der Waals surface area contributed by atoms with Gasteiger partial charge < -0.3 is 28.8 Å². The molecule has 0 saturated carbocycles. The molecule has 0 bridgehead atoms. The number of rotatable bonds is 8. The second-order valence-electron chi connectivity index (χ2n) is 11.2. The van der Waals surface area contributed by atoms with Crippen molar-refractivity contribution in [2.24, 2.45) is 0 Å². The largest absolute Gasteiger partial charge is 0.533 e. The topological polar surface area (TPSA) is 120 Å². The van der Waals surface area contributed by atoms with Crippen LogP contribution >= 0.6 is 0 Å². The molecule has 2 fully saturated rings. The smallest absolute Gasteiger partial charge is 0.496 e. The van der Waals surface area contributed by atoms with Crippen molar-refractivity contribution in [2.75, 3.05) is 53.1 Å². The maximum Gasteiger partial charge on any atom is 0.533 e. The molecule has 3 aromatic rings. The lowest BCUT2D eigenvalue weighted by Gasteiger charge is -2.44. The van der Waals surface area contributed by atoms with Crippen molar-refractivity contribution in [2.45, 2.75) is 39.4 Å². The molecule has 2 unspecified atom stereocenters. The minimum Gasteiger partial charge on any atom is -0.496 e. The molecule has 2 aliphatic rings. The number of methoxy groups -OCH3 is 1. The van der Waals surface area contributed by atoms with Gasteiger partial charge in [-0.3, -0.25) is 19.3 Å². The summed E-state index contributed by atoms with van der Waals surface area (Å²) in [6, 6.07) is 9.19. The number of carbonyl (C=O) groups excluding carboxylic acids is 4. The van der Waals surface area contributed by atoms with Gasteiger partial charge in [0.15, 0.2) is 0 Å². The third-order valence-electron chi connectivity index (χ3n) is 8.17. The highest BCUT2D eigenvalue weighted by Crippen LogP contribution is 2.32. The number of ketones is 1. The highest BCUT2D eigenvalue weighted by molar-refractivity contribution is 6.45. The summed E-state index contributed by atoms with van der Waals surface area (Å²) in [5.74, 6) is -1.94. The molecular weight excluding hydrogens is 587 g/mol. The fourth-order valence-corrected chi connectivity index (χ4v) is 5.75. The quantitative estimate of drug-likeness (QED) is 0.212. The summed E-state index contributed by atoms with van der Waals surface area (Å²) in [5.41, 5.74) is 1.37. The van der Waals surface area contributed by atoms with Crippen molar-refractivity contribution in [3.63, 3.8) is 0 Å². The fraction of sp³-hybridized carbons (Fsp3) is 0.438. The van der Waals surface area contributed by atoms with Gasteiger partial charge in [-0.1, -0.05) is 12.1 Å². The molecule has 2 aromatic carbocycles. The van der Waals surface area contributed by atoms with Crippen molar-refractivity contribution >= 4 is 34.7 Å². The lowest BCUT2D eigenvalue weighted by Crippen LogP contribution is -2.57. The molecular formula is C32H37FN4O8. The maximum atomic E-state index is 14.1. The van der Waals surface area contributed by atoms with E-state index in [1.807, 2.05) is 13.8 Å². The number of benzene rings is 2. The van der Waals surface area contributed by atoms with Crippen molar-refractivity contribution in [3.8, 4) is 5.75 Å². The Bertz CT molecular complexity index is 1580. The zero-order chi connectivity index (χ0) is 32.2. The lowest BCUT2D eigenvalue weighted by atomic mass is 10.0. The number of hydrogen-bond acceptors (Lipinski definition) is 9. The SMILES string of the molecule is CCOC(=O)On1cc(C(=O)C(=O)N2CCOCC2)c2cc(C(=O)N3CC(C)N(Cc4ccc(F)cc4)CC3C)c(OC)cc21. The first-order valence-electron chi connectivity index (χ1n) is 14.9. The van der Waals surface area contributed by atoms with Crippen LogP contribution in [-0.4, -0.2) is 108 Å². The second-order valence-corrected chi connectivity index (χ2v) is 11.2. The van der Waals surface area contributed by atoms with E-state index >= 15 is 0 Å². The summed E-state index contributed by atoms with van der Waals surface area (Å²) < 4.78 is 30.3. The minimum absolute atomic E-state index is 0.00715.